The first kappa shape index (κ1) is 19.2. The number of quaternary nitrogens is 1. The van der Waals surface area contributed by atoms with Gasteiger partial charge in [-0.2, -0.15) is 4.68 Å². The van der Waals surface area contributed by atoms with E-state index >= 15 is 0 Å². The van der Waals surface area contributed by atoms with E-state index in [0.29, 0.717) is 13.2 Å². The maximum Gasteiger partial charge on any atom is 0.292 e. The van der Waals surface area contributed by atoms with Gasteiger partial charge >= 0.3 is 0 Å². The first-order valence-corrected chi connectivity index (χ1v) is 8.88. The normalized spacial score (nSPS) is 13.3. The molecule has 1 aromatic heterocycles. The lowest BCUT2D eigenvalue weighted by atomic mass is 10.2. The number of aromatic nitrogens is 2. The Hall–Kier alpha value is -2.58. The number of hydrogen-bond donors (Lipinski definition) is 1. The minimum atomic E-state index is -0.603. The molecule has 1 unspecified atom stereocenters. The Morgan fingerprint density at radius 1 is 1.22 bits per heavy atom. The second kappa shape index (κ2) is 8.41. The summed E-state index contributed by atoms with van der Waals surface area (Å²) in [4.78, 5) is 1.24. The molecule has 0 bridgehead atoms. The molecule has 0 radical (unpaired) electrons. The van der Waals surface area contributed by atoms with Crippen LogP contribution in [0.15, 0.2) is 52.9 Å². The molecule has 1 heterocycles. The Morgan fingerprint density at radius 3 is 2.74 bits per heavy atom. The summed E-state index contributed by atoms with van der Waals surface area (Å²) in [5, 5.41) is 4.34. The molecule has 0 saturated carbocycles. The van der Waals surface area contributed by atoms with Gasteiger partial charge in [0.1, 0.15) is 12.4 Å². The van der Waals surface area contributed by atoms with Crippen molar-refractivity contribution in [1.29, 1.82) is 0 Å². The summed E-state index contributed by atoms with van der Waals surface area (Å²) in [6.45, 7) is 2.75. The van der Waals surface area contributed by atoms with Gasteiger partial charge in [-0.25, -0.2) is 8.78 Å². The number of benzene rings is 2. The van der Waals surface area contributed by atoms with Gasteiger partial charge in [0.15, 0.2) is 24.3 Å². The predicted molar refractivity (Wildman–Crippen MR) is 97.8 cm³/mol. The number of halogens is 2. The summed E-state index contributed by atoms with van der Waals surface area (Å²) < 4.78 is 39.7. The molecule has 0 aliphatic carbocycles. The highest BCUT2D eigenvalue weighted by molar-refractivity contribution is 7.71. The molecule has 0 aliphatic heterocycles. The Balaban J connectivity index is 1.67. The van der Waals surface area contributed by atoms with Crippen molar-refractivity contribution in [3.05, 3.63) is 76.5 Å². The van der Waals surface area contributed by atoms with Crippen LogP contribution in [0, 0.1) is 16.5 Å². The van der Waals surface area contributed by atoms with Gasteiger partial charge in [0.25, 0.3) is 10.7 Å². The summed E-state index contributed by atoms with van der Waals surface area (Å²) in [5.41, 5.74) is 0.874. The summed E-state index contributed by atoms with van der Waals surface area (Å²) in [6.07, 6.45) is -0.603. The van der Waals surface area contributed by atoms with E-state index in [9.17, 15) is 8.78 Å². The second-order valence-electron chi connectivity index (χ2n) is 6.32. The molecule has 27 heavy (non-hydrogen) atoms. The molecular formula is C19H20F2N3O2S+. The molecule has 5 nitrogen and oxygen atoms in total. The third kappa shape index (κ3) is 4.99. The molecule has 0 saturated heterocycles. The first-order chi connectivity index (χ1) is 12.9. The number of nitrogens with one attached hydrogen (secondary N) is 1. The van der Waals surface area contributed by atoms with Gasteiger partial charge < -0.3 is 14.1 Å². The lowest BCUT2D eigenvalue weighted by molar-refractivity contribution is -0.917. The van der Waals surface area contributed by atoms with Gasteiger partial charge in [-0.15, -0.1) is 5.10 Å². The minimum Gasteiger partial charge on any atom is -0.478 e. The summed E-state index contributed by atoms with van der Waals surface area (Å²) >= 11 is 5.22. The van der Waals surface area contributed by atoms with Crippen LogP contribution in [0.2, 0.25) is 0 Å². The summed E-state index contributed by atoms with van der Waals surface area (Å²) in [7, 11) is 1.94. The maximum absolute atomic E-state index is 13.7. The van der Waals surface area contributed by atoms with Crippen molar-refractivity contribution in [1.82, 2.24) is 9.78 Å². The topological polar surface area (TPSA) is 44.6 Å². The highest BCUT2D eigenvalue weighted by Crippen LogP contribution is 2.23. The van der Waals surface area contributed by atoms with Gasteiger partial charge in [-0.3, -0.25) is 0 Å². The number of hydrogen-bond acceptors (Lipinski definition) is 4. The quantitative estimate of drug-likeness (QED) is 0.627. The highest BCUT2D eigenvalue weighted by atomic mass is 32.1. The zero-order valence-corrected chi connectivity index (χ0v) is 15.8. The van der Waals surface area contributed by atoms with Crippen LogP contribution in [0.25, 0.3) is 0 Å². The smallest absolute Gasteiger partial charge is 0.292 e. The van der Waals surface area contributed by atoms with Crippen LogP contribution in [0.4, 0.5) is 8.78 Å². The van der Waals surface area contributed by atoms with Crippen LogP contribution >= 0.6 is 12.2 Å². The van der Waals surface area contributed by atoms with Crippen LogP contribution in [-0.4, -0.2) is 16.8 Å². The largest absolute Gasteiger partial charge is 0.478 e. The fourth-order valence-electron chi connectivity index (χ4n) is 2.67. The van der Waals surface area contributed by atoms with Gasteiger partial charge in [-0.1, -0.05) is 24.3 Å². The SMILES string of the molecule is C[C@@H](Oc1ccccc1F)c1nn(C[NH+](C)Cc2cccc(F)c2)c(=S)o1. The molecule has 0 aliphatic rings. The molecule has 0 spiro atoms. The lowest BCUT2D eigenvalue weighted by Crippen LogP contribution is -3.07. The van der Waals surface area contributed by atoms with Crippen LogP contribution in [0.1, 0.15) is 24.5 Å². The number of ether oxygens (including phenoxy) is 1. The van der Waals surface area contributed by atoms with E-state index in [1.165, 1.54) is 24.3 Å². The predicted octanol–water partition coefficient (Wildman–Crippen LogP) is 3.30. The van der Waals surface area contributed by atoms with Crippen LogP contribution < -0.4 is 9.64 Å². The van der Waals surface area contributed by atoms with Crippen LogP contribution in [-0.2, 0) is 13.2 Å². The average Bonchev–Trinajstić information content (AvgIpc) is 2.97. The molecule has 8 heteroatoms. The number of rotatable bonds is 7. The number of para-hydroxylation sites is 1. The molecule has 1 N–H and O–H groups in total. The number of nitrogens with zero attached hydrogens (tertiary/aromatic N) is 2. The molecule has 2 aromatic carbocycles. The Morgan fingerprint density at radius 2 is 2.00 bits per heavy atom. The molecular weight excluding hydrogens is 372 g/mol. The summed E-state index contributed by atoms with van der Waals surface area (Å²) in [6, 6.07) is 12.6. The fourth-order valence-corrected chi connectivity index (χ4v) is 2.87. The van der Waals surface area contributed by atoms with Crippen molar-refractivity contribution < 1.29 is 22.8 Å². The molecule has 3 aromatic rings. The fraction of sp³-hybridized carbons (Fsp3) is 0.263. The van der Waals surface area contributed by atoms with Gasteiger partial charge in [-0.05, 0) is 43.4 Å². The Kier molecular flexibility index (Phi) is 5.98. The maximum atomic E-state index is 13.7. The Labute approximate surface area is 160 Å². The van der Waals surface area contributed by atoms with E-state index in [-0.39, 0.29) is 22.3 Å². The van der Waals surface area contributed by atoms with Crippen molar-refractivity contribution >= 4 is 12.2 Å². The van der Waals surface area contributed by atoms with E-state index in [0.717, 1.165) is 10.5 Å². The molecule has 3 rings (SSSR count). The van der Waals surface area contributed by atoms with Crippen LogP contribution in [0.5, 0.6) is 5.75 Å². The van der Waals surface area contributed by atoms with E-state index in [1.54, 1.807) is 29.8 Å². The third-order valence-corrected chi connectivity index (χ3v) is 4.22. The van der Waals surface area contributed by atoms with Crippen molar-refractivity contribution in [2.75, 3.05) is 7.05 Å². The standard InChI is InChI=1S/C19H19F2N3O2S/c1-13(25-17-9-4-3-8-16(17)21)18-22-24(19(27)26-18)12-23(2)11-14-6-5-7-15(20)10-14/h3-10,13H,11-12H2,1-2H3/p+1/t13-/m1/s1. The van der Waals surface area contributed by atoms with E-state index in [2.05, 4.69) is 5.10 Å². The zero-order valence-electron chi connectivity index (χ0n) is 15.0. The molecule has 142 valence electrons. The van der Waals surface area contributed by atoms with Gasteiger partial charge in [0, 0.05) is 5.56 Å². The third-order valence-electron chi connectivity index (χ3n) is 3.92. The second-order valence-corrected chi connectivity index (χ2v) is 6.67. The monoisotopic (exact) mass is 392 g/mol. The minimum absolute atomic E-state index is 0.120. The molecule has 0 amide bonds. The summed E-state index contributed by atoms with van der Waals surface area (Å²) in [5.74, 6) is -0.335. The van der Waals surface area contributed by atoms with Crippen molar-refractivity contribution in [2.24, 2.45) is 0 Å². The van der Waals surface area contributed by atoms with Crippen molar-refractivity contribution in [2.45, 2.75) is 26.2 Å². The van der Waals surface area contributed by atoms with Crippen LogP contribution in [0.3, 0.4) is 0 Å². The zero-order chi connectivity index (χ0) is 19.4. The first-order valence-electron chi connectivity index (χ1n) is 8.47. The average molecular weight is 392 g/mol. The van der Waals surface area contributed by atoms with E-state index in [4.69, 9.17) is 21.4 Å². The van der Waals surface area contributed by atoms with Gasteiger partial charge in [0.05, 0.1) is 7.05 Å². The van der Waals surface area contributed by atoms with E-state index < -0.39 is 11.9 Å². The molecule has 2 atom stereocenters. The Bertz CT molecular complexity index is 973. The lowest BCUT2D eigenvalue weighted by Gasteiger charge is -2.13. The van der Waals surface area contributed by atoms with Crippen molar-refractivity contribution in [3.8, 4) is 5.75 Å². The van der Waals surface area contributed by atoms with Crippen molar-refractivity contribution in [3.63, 3.8) is 0 Å². The van der Waals surface area contributed by atoms with Gasteiger partial charge in [0.2, 0.25) is 0 Å². The van der Waals surface area contributed by atoms with E-state index in [1.807, 2.05) is 13.1 Å². The molecule has 0 fully saturated rings. The highest BCUT2D eigenvalue weighted by Gasteiger charge is 2.18.